The Kier molecular flexibility index (Phi) is 2.25. The highest BCUT2D eigenvalue weighted by Gasteiger charge is 2.56. The van der Waals surface area contributed by atoms with E-state index in [0.717, 1.165) is 30.6 Å². The summed E-state index contributed by atoms with van der Waals surface area (Å²) in [5, 5.41) is 0. The minimum atomic E-state index is -0.639. The Labute approximate surface area is 88.0 Å². The lowest BCUT2D eigenvalue weighted by molar-refractivity contribution is -0.134. The van der Waals surface area contributed by atoms with Gasteiger partial charge in [-0.05, 0) is 12.8 Å². The van der Waals surface area contributed by atoms with Gasteiger partial charge in [0.25, 0.3) is 5.91 Å². The fraction of sp³-hybridized carbons (Fsp3) is 0.700. The van der Waals surface area contributed by atoms with E-state index >= 15 is 0 Å². The first-order chi connectivity index (χ1) is 7.13. The minimum Gasteiger partial charge on any atom is -0.313 e. The van der Waals surface area contributed by atoms with Crippen LogP contribution >= 0.6 is 0 Å². The van der Waals surface area contributed by atoms with Crippen molar-refractivity contribution in [2.75, 3.05) is 13.6 Å². The highest BCUT2D eigenvalue weighted by atomic mass is 16.2. The molecule has 1 spiro atoms. The van der Waals surface area contributed by atoms with Crippen molar-refractivity contribution in [3.05, 3.63) is 0 Å². The number of urea groups is 1. The second-order valence-electron chi connectivity index (χ2n) is 4.16. The number of likely N-dealkylation sites (N-methyl/N-ethyl adjacent to an activating group) is 1. The van der Waals surface area contributed by atoms with Crippen molar-refractivity contribution in [1.29, 1.82) is 0 Å². The molecule has 0 unspecified atom stereocenters. The Hall–Kier alpha value is -1.39. The highest BCUT2D eigenvalue weighted by Crippen LogP contribution is 2.40. The van der Waals surface area contributed by atoms with Gasteiger partial charge in [-0.25, -0.2) is 4.79 Å². The molecule has 2 fully saturated rings. The predicted octanol–water partition coefficient (Wildman–Crippen LogP) is 0.392. The molecule has 3 amide bonds. The molecule has 0 N–H and O–H groups in total. The fourth-order valence-electron chi connectivity index (χ4n) is 2.59. The molecule has 1 aliphatic carbocycles. The van der Waals surface area contributed by atoms with Crippen molar-refractivity contribution >= 4 is 18.2 Å². The lowest BCUT2D eigenvalue weighted by Crippen LogP contribution is -2.45. The Bertz CT molecular complexity index is 321. The van der Waals surface area contributed by atoms with Crippen LogP contribution < -0.4 is 0 Å². The monoisotopic (exact) mass is 210 g/mol. The molecule has 0 aromatic heterocycles. The SMILES string of the molecule is CN1C(=O)N(CC=O)C(=O)C12CCCC2. The van der Waals surface area contributed by atoms with Crippen LogP contribution in [0.4, 0.5) is 4.79 Å². The highest BCUT2D eigenvalue weighted by molar-refractivity contribution is 6.08. The molecule has 0 bridgehead atoms. The van der Waals surface area contributed by atoms with Gasteiger partial charge >= 0.3 is 6.03 Å². The van der Waals surface area contributed by atoms with E-state index in [-0.39, 0.29) is 18.5 Å². The molecule has 1 heterocycles. The zero-order valence-electron chi connectivity index (χ0n) is 8.73. The molecule has 0 atom stereocenters. The van der Waals surface area contributed by atoms with E-state index in [4.69, 9.17) is 0 Å². The summed E-state index contributed by atoms with van der Waals surface area (Å²) in [6.07, 6.45) is 3.99. The summed E-state index contributed by atoms with van der Waals surface area (Å²) in [5.41, 5.74) is -0.639. The van der Waals surface area contributed by atoms with E-state index < -0.39 is 5.54 Å². The lowest BCUT2D eigenvalue weighted by atomic mass is 9.96. The summed E-state index contributed by atoms with van der Waals surface area (Å²) in [6.45, 7) is -0.121. The molecular formula is C10H14N2O3. The second-order valence-corrected chi connectivity index (χ2v) is 4.16. The average molecular weight is 210 g/mol. The summed E-state index contributed by atoms with van der Waals surface area (Å²) in [7, 11) is 1.65. The average Bonchev–Trinajstić information content (AvgIpc) is 2.77. The second kappa shape index (κ2) is 3.32. The van der Waals surface area contributed by atoms with Gasteiger partial charge in [0.1, 0.15) is 11.8 Å². The molecule has 15 heavy (non-hydrogen) atoms. The normalized spacial score (nSPS) is 24.3. The standard InChI is InChI=1S/C10H14N2O3/c1-11-9(15)12(6-7-13)8(14)10(11)4-2-3-5-10/h7H,2-6H2,1H3. The van der Waals surface area contributed by atoms with Crippen molar-refractivity contribution in [3.63, 3.8) is 0 Å². The number of aldehydes is 1. The number of imide groups is 1. The molecule has 0 radical (unpaired) electrons. The van der Waals surface area contributed by atoms with Crippen LogP contribution in [-0.4, -0.2) is 47.2 Å². The first-order valence-corrected chi connectivity index (χ1v) is 5.17. The Morgan fingerprint density at radius 1 is 1.33 bits per heavy atom. The third kappa shape index (κ3) is 1.19. The summed E-state index contributed by atoms with van der Waals surface area (Å²) in [6, 6.07) is -0.339. The van der Waals surface area contributed by atoms with Crippen molar-refractivity contribution in [2.24, 2.45) is 0 Å². The van der Waals surface area contributed by atoms with E-state index in [9.17, 15) is 14.4 Å². The summed E-state index contributed by atoms with van der Waals surface area (Å²) in [4.78, 5) is 36.7. The first-order valence-electron chi connectivity index (χ1n) is 5.17. The zero-order chi connectivity index (χ0) is 11.1. The molecule has 82 valence electrons. The van der Waals surface area contributed by atoms with Crippen LogP contribution in [0.1, 0.15) is 25.7 Å². The van der Waals surface area contributed by atoms with Gasteiger partial charge in [0.15, 0.2) is 0 Å². The molecule has 1 saturated carbocycles. The quantitative estimate of drug-likeness (QED) is 0.489. The van der Waals surface area contributed by atoms with Crippen molar-refractivity contribution in [3.8, 4) is 0 Å². The van der Waals surface area contributed by atoms with Gasteiger partial charge in [-0.15, -0.1) is 0 Å². The third-order valence-electron chi connectivity index (χ3n) is 3.49. The topological polar surface area (TPSA) is 57.7 Å². The number of carbonyl (C=O) groups is 3. The van der Waals surface area contributed by atoms with Crippen LogP contribution in [0.15, 0.2) is 0 Å². The Morgan fingerprint density at radius 3 is 2.47 bits per heavy atom. The summed E-state index contributed by atoms with van der Waals surface area (Å²) >= 11 is 0. The number of hydrogen-bond acceptors (Lipinski definition) is 3. The Balaban J connectivity index is 2.32. The van der Waals surface area contributed by atoms with E-state index in [0.29, 0.717) is 6.29 Å². The molecule has 2 aliphatic rings. The maximum atomic E-state index is 12.0. The number of hydrogen-bond donors (Lipinski definition) is 0. The number of carbonyl (C=O) groups excluding carboxylic acids is 3. The first kappa shape index (κ1) is 10.1. The summed E-state index contributed by atoms with van der Waals surface area (Å²) in [5.74, 6) is -0.195. The molecule has 2 rings (SSSR count). The third-order valence-corrected chi connectivity index (χ3v) is 3.49. The van der Waals surface area contributed by atoms with Gasteiger partial charge < -0.3 is 9.69 Å². The van der Waals surface area contributed by atoms with Crippen LogP contribution in [-0.2, 0) is 9.59 Å². The fourth-order valence-corrected chi connectivity index (χ4v) is 2.59. The molecule has 1 aliphatic heterocycles. The van der Waals surface area contributed by atoms with Gasteiger partial charge in [0.2, 0.25) is 0 Å². The lowest BCUT2D eigenvalue weighted by Gasteiger charge is -2.27. The van der Waals surface area contributed by atoms with Gasteiger partial charge in [0, 0.05) is 7.05 Å². The van der Waals surface area contributed by atoms with E-state index in [2.05, 4.69) is 0 Å². The van der Waals surface area contributed by atoms with Crippen LogP contribution in [0.2, 0.25) is 0 Å². The predicted molar refractivity (Wildman–Crippen MR) is 52.1 cm³/mol. The smallest absolute Gasteiger partial charge is 0.313 e. The maximum absolute atomic E-state index is 12.0. The zero-order valence-corrected chi connectivity index (χ0v) is 8.73. The van der Waals surface area contributed by atoms with Crippen molar-refractivity contribution in [1.82, 2.24) is 9.80 Å². The van der Waals surface area contributed by atoms with E-state index in [1.54, 1.807) is 7.05 Å². The van der Waals surface area contributed by atoms with Gasteiger partial charge in [-0.1, -0.05) is 12.8 Å². The van der Waals surface area contributed by atoms with Crippen molar-refractivity contribution in [2.45, 2.75) is 31.2 Å². The molecule has 0 aromatic rings. The number of nitrogens with zero attached hydrogens (tertiary/aromatic N) is 2. The van der Waals surface area contributed by atoms with Gasteiger partial charge in [-0.2, -0.15) is 0 Å². The number of rotatable bonds is 2. The molecule has 5 heteroatoms. The van der Waals surface area contributed by atoms with Crippen LogP contribution in [0.3, 0.4) is 0 Å². The van der Waals surface area contributed by atoms with Gasteiger partial charge in [-0.3, -0.25) is 9.69 Å². The molecule has 5 nitrogen and oxygen atoms in total. The van der Waals surface area contributed by atoms with E-state index in [1.165, 1.54) is 4.90 Å². The Morgan fingerprint density at radius 2 is 1.93 bits per heavy atom. The molecular weight excluding hydrogens is 196 g/mol. The van der Waals surface area contributed by atoms with Crippen LogP contribution in [0.5, 0.6) is 0 Å². The number of amides is 3. The largest absolute Gasteiger partial charge is 0.327 e. The van der Waals surface area contributed by atoms with Crippen molar-refractivity contribution < 1.29 is 14.4 Å². The summed E-state index contributed by atoms with van der Waals surface area (Å²) < 4.78 is 0. The molecule has 0 aromatic carbocycles. The molecule has 1 saturated heterocycles. The minimum absolute atomic E-state index is 0.121. The maximum Gasteiger partial charge on any atom is 0.327 e. The van der Waals surface area contributed by atoms with Gasteiger partial charge in [0.05, 0.1) is 6.54 Å². The van der Waals surface area contributed by atoms with Crippen LogP contribution in [0, 0.1) is 0 Å². The van der Waals surface area contributed by atoms with E-state index in [1.807, 2.05) is 0 Å². The van der Waals surface area contributed by atoms with Crippen LogP contribution in [0.25, 0.3) is 0 Å².